The molecule has 3 nitrogen and oxygen atoms in total. The summed E-state index contributed by atoms with van der Waals surface area (Å²) >= 11 is 0. The minimum absolute atomic E-state index is 0.134. The van der Waals surface area contributed by atoms with E-state index in [0.29, 0.717) is 18.9 Å². The summed E-state index contributed by atoms with van der Waals surface area (Å²) in [5.74, 6) is 0.356. The van der Waals surface area contributed by atoms with Crippen molar-refractivity contribution in [2.24, 2.45) is 5.92 Å². The first kappa shape index (κ1) is 17.7. The van der Waals surface area contributed by atoms with Gasteiger partial charge in [0.1, 0.15) is 0 Å². The van der Waals surface area contributed by atoms with E-state index in [4.69, 9.17) is 4.74 Å². The van der Waals surface area contributed by atoms with Crippen molar-refractivity contribution < 1.29 is 9.53 Å². The smallest absolute Gasteiger partial charge is 0.308 e. The third kappa shape index (κ3) is 5.50. The summed E-state index contributed by atoms with van der Waals surface area (Å²) < 4.78 is 5.20. The van der Waals surface area contributed by atoms with Gasteiger partial charge >= 0.3 is 5.97 Å². The normalized spacial score (nSPS) is 14.0. The summed E-state index contributed by atoms with van der Waals surface area (Å²) in [6.07, 6.45) is 2.33. The van der Waals surface area contributed by atoms with Crippen molar-refractivity contribution >= 4 is 5.97 Å². The molecule has 118 valence electrons. The van der Waals surface area contributed by atoms with Crippen LogP contribution in [0.1, 0.15) is 52.5 Å². The Bertz CT molecular complexity index is 416. The van der Waals surface area contributed by atoms with E-state index >= 15 is 0 Å². The van der Waals surface area contributed by atoms with Gasteiger partial charge in [0.15, 0.2) is 0 Å². The predicted molar refractivity (Wildman–Crippen MR) is 87.1 cm³/mol. The van der Waals surface area contributed by atoms with Gasteiger partial charge in [0, 0.05) is 0 Å². The number of ether oxygens (including phenoxy) is 1. The fourth-order valence-corrected chi connectivity index (χ4v) is 2.81. The van der Waals surface area contributed by atoms with E-state index < -0.39 is 0 Å². The van der Waals surface area contributed by atoms with Crippen LogP contribution in [-0.4, -0.2) is 19.1 Å². The fourth-order valence-electron chi connectivity index (χ4n) is 2.81. The number of carbonyl (C=O) groups excluding carboxylic acids is 1. The molecule has 0 spiro atoms. The molecule has 1 rings (SSSR count). The van der Waals surface area contributed by atoms with Gasteiger partial charge in [0.05, 0.1) is 18.6 Å². The molecule has 0 amide bonds. The summed E-state index contributed by atoms with van der Waals surface area (Å²) in [6, 6.07) is 10.3. The lowest BCUT2D eigenvalue weighted by Gasteiger charge is -2.36. The van der Waals surface area contributed by atoms with E-state index in [1.165, 1.54) is 5.56 Å². The van der Waals surface area contributed by atoms with Gasteiger partial charge in [-0.3, -0.25) is 4.79 Å². The van der Waals surface area contributed by atoms with Crippen LogP contribution in [0.2, 0.25) is 0 Å². The number of carbonyl (C=O) groups is 1. The van der Waals surface area contributed by atoms with Gasteiger partial charge in [-0.15, -0.1) is 0 Å². The van der Waals surface area contributed by atoms with Crippen LogP contribution < -0.4 is 5.32 Å². The average Bonchev–Trinajstić information content (AvgIpc) is 2.45. The SMILES string of the molecule is CCCNC(CC(=O)OCC)(CC(C)C)c1ccccc1. The van der Waals surface area contributed by atoms with Crippen molar-refractivity contribution in [3.05, 3.63) is 35.9 Å². The number of hydrogen-bond donors (Lipinski definition) is 1. The van der Waals surface area contributed by atoms with Crippen molar-refractivity contribution in [3.63, 3.8) is 0 Å². The molecule has 0 radical (unpaired) electrons. The maximum atomic E-state index is 12.1. The third-order valence-electron chi connectivity index (χ3n) is 3.55. The summed E-state index contributed by atoms with van der Waals surface area (Å²) in [5.41, 5.74) is 0.831. The van der Waals surface area contributed by atoms with Crippen LogP contribution in [-0.2, 0) is 15.1 Å². The number of hydrogen-bond acceptors (Lipinski definition) is 3. The maximum Gasteiger partial charge on any atom is 0.308 e. The second-order valence-electron chi connectivity index (χ2n) is 5.95. The molecular formula is C18H29NO2. The minimum Gasteiger partial charge on any atom is -0.466 e. The highest BCUT2D eigenvalue weighted by atomic mass is 16.5. The molecule has 21 heavy (non-hydrogen) atoms. The molecule has 1 aromatic carbocycles. The van der Waals surface area contributed by atoms with Crippen LogP contribution >= 0.6 is 0 Å². The molecule has 0 heterocycles. The standard InChI is InChI=1S/C18H29NO2/c1-5-12-19-18(13-15(3)4,14-17(20)21-6-2)16-10-8-7-9-11-16/h7-11,15,19H,5-6,12-14H2,1-4H3. The summed E-state index contributed by atoms with van der Waals surface area (Å²) in [6.45, 7) is 9.69. The molecule has 0 aromatic heterocycles. The lowest BCUT2D eigenvalue weighted by molar-refractivity contribution is -0.145. The first-order valence-electron chi connectivity index (χ1n) is 8.00. The molecular weight excluding hydrogens is 262 g/mol. The van der Waals surface area contributed by atoms with Crippen LogP contribution in [0.15, 0.2) is 30.3 Å². The topological polar surface area (TPSA) is 38.3 Å². The highest BCUT2D eigenvalue weighted by Crippen LogP contribution is 2.32. The van der Waals surface area contributed by atoms with E-state index in [1.54, 1.807) is 0 Å². The molecule has 0 saturated heterocycles. The van der Waals surface area contributed by atoms with Crippen molar-refractivity contribution in [1.82, 2.24) is 5.32 Å². The highest BCUT2D eigenvalue weighted by Gasteiger charge is 2.35. The zero-order valence-electron chi connectivity index (χ0n) is 13.8. The molecule has 1 aromatic rings. The van der Waals surface area contributed by atoms with Crippen molar-refractivity contribution in [2.75, 3.05) is 13.2 Å². The first-order valence-corrected chi connectivity index (χ1v) is 8.00. The van der Waals surface area contributed by atoms with Crippen LogP contribution in [0.25, 0.3) is 0 Å². The van der Waals surface area contributed by atoms with Crippen molar-refractivity contribution in [1.29, 1.82) is 0 Å². The Morgan fingerprint density at radius 1 is 1.24 bits per heavy atom. The lowest BCUT2D eigenvalue weighted by atomic mass is 9.79. The summed E-state index contributed by atoms with van der Waals surface area (Å²) in [7, 11) is 0. The Balaban J connectivity index is 3.10. The Hall–Kier alpha value is -1.35. The molecule has 0 saturated carbocycles. The van der Waals surface area contributed by atoms with Gasteiger partial charge in [-0.05, 0) is 37.8 Å². The fraction of sp³-hybridized carbons (Fsp3) is 0.611. The second kappa shape index (κ2) is 8.83. The third-order valence-corrected chi connectivity index (χ3v) is 3.55. The second-order valence-corrected chi connectivity index (χ2v) is 5.95. The van der Waals surface area contributed by atoms with Crippen molar-refractivity contribution in [2.45, 2.75) is 52.5 Å². The zero-order chi connectivity index (χ0) is 15.7. The Morgan fingerprint density at radius 3 is 2.43 bits per heavy atom. The molecule has 0 aliphatic rings. The molecule has 0 fully saturated rings. The Labute approximate surface area is 129 Å². The molecule has 1 atom stereocenters. The van der Waals surface area contributed by atoms with Crippen molar-refractivity contribution in [3.8, 4) is 0 Å². The summed E-state index contributed by atoms with van der Waals surface area (Å²) in [5, 5.41) is 3.62. The monoisotopic (exact) mass is 291 g/mol. The molecule has 0 aliphatic heterocycles. The van der Waals surface area contributed by atoms with Crippen LogP contribution in [0.3, 0.4) is 0 Å². The van der Waals surface area contributed by atoms with Gasteiger partial charge in [0.2, 0.25) is 0 Å². The van der Waals surface area contributed by atoms with Crippen LogP contribution in [0, 0.1) is 5.92 Å². The van der Waals surface area contributed by atoms with Gasteiger partial charge in [0.25, 0.3) is 0 Å². The minimum atomic E-state index is -0.336. The molecule has 3 heteroatoms. The van der Waals surface area contributed by atoms with E-state index in [-0.39, 0.29) is 11.5 Å². The van der Waals surface area contributed by atoms with Crippen LogP contribution in [0.4, 0.5) is 0 Å². The molecule has 1 N–H and O–H groups in total. The van der Waals surface area contributed by atoms with Gasteiger partial charge in [-0.2, -0.15) is 0 Å². The number of rotatable bonds is 9. The van der Waals surface area contributed by atoms with E-state index in [1.807, 2.05) is 25.1 Å². The Morgan fingerprint density at radius 2 is 1.90 bits per heavy atom. The van der Waals surface area contributed by atoms with Gasteiger partial charge in [-0.1, -0.05) is 51.1 Å². The Kier molecular flexibility index (Phi) is 7.44. The lowest BCUT2D eigenvalue weighted by Crippen LogP contribution is -2.46. The maximum absolute atomic E-state index is 12.1. The molecule has 0 bridgehead atoms. The number of benzene rings is 1. The van der Waals surface area contributed by atoms with E-state index in [0.717, 1.165) is 19.4 Å². The predicted octanol–water partition coefficient (Wildman–Crippen LogP) is 3.88. The molecule has 1 unspecified atom stereocenters. The average molecular weight is 291 g/mol. The summed E-state index contributed by atoms with van der Waals surface area (Å²) in [4.78, 5) is 12.1. The van der Waals surface area contributed by atoms with Crippen LogP contribution in [0.5, 0.6) is 0 Å². The van der Waals surface area contributed by atoms with E-state index in [2.05, 4.69) is 38.2 Å². The highest BCUT2D eigenvalue weighted by molar-refractivity contribution is 5.71. The van der Waals surface area contributed by atoms with Gasteiger partial charge < -0.3 is 10.1 Å². The first-order chi connectivity index (χ1) is 10.0. The quantitative estimate of drug-likeness (QED) is 0.702. The largest absolute Gasteiger partial charge is 0.466 e. The molecule has 0 aliphatic carbocycles. The van der Waals surface area contributed by atoms with Gasteiger partial charge in [-0.25, -0.2) is 0 Å². The number of esters is 1. The van der Waals surface area contributed by atoms with E-state index in [9.17, 15) is 4.79 Å². The number of nitrogens with one attached hydrogen (secondary N) is 1. The zero-order valence-corrected chi connectivity index (χ0v) is 13.8.